The molecule has 2 rings (SSSR count). The molecular weight excluding hydrogens is 286 g/mol. The van der Waals surface area contributed by atoms with E-state index in [-0.39, 0.29) is 0 Å². The summed E-state index contributed by atoms with van der Waals surface area (Å²) in [5.41, 5.74) is 4.16. The number of halogens is 1. The van der Waals surface area contributed by atoms with Crippen LogP contribution >= 0.6 is 11.6 Å². The molecule has 0 aliphatic rings. The average molecular weight is 304 g/mol. The first-order chi connectivity index (χ1) is 10.0. The molecule has 0 N–H and O–H groups in total. The van der Waals surface area contributed by atoms with E-state index in [0.717, 1.165) is 16.8 Å². The highest BCUT2D eigenvalue weighted by atomic mass is 35.5. The van der Waals surface area contributed by atoms with Gasteiger partial charge in [0, 0.05) is 6.21 Å². The fourth-order valence-electron chi connectivity index (χ4n) is 2.11. The van der Waals surface area contributed by atoms with E-state index in [9.17, 15) is 0 Å². The number of aryl methyl sites for hydroxylation is 2. The molecule has 0 atom stereocenters. The van der Waals surface area contributed by atoms with Crippen LogP contribution in [0.1, 0.15) is 16.7 Å². The molecule has 0 heterocycles. The van der Waals surface area contributed by atoms with Crippen LogP contribution in [0.2, 0.25) is 5.02 Å². The number of benzene rings is 2. The zero-order chi connectivity index (χ0) is 15.4. The van der Waals surface area contributed by atoms with Gasteiger partial charge in [0.05, 0.1) is 24.9 Å². The first kappa shape index (κ1) is 15.4. The van der Waals surface area contributed by atoms with Gasteiger partial charge in [-0.2, -0.15) is 0 Å². The molecule has 2 aromatic rings. The van der Waals surface area contributed by atoms with Crippen molar-refractivity contribution in [3.63, 3.8) is 0 Å². The van der Waals surface area contributed by atoms with Crippen LogP contribution in [-0.4, -0.2) is 20.4 Å². The van der Waals surface area contributed by atoms with E-state index in [1.54, 1.807) is 26.5 Å². The highest BCUT2D eigenvalue weighted by molar-refractivity contribution is 6.32. The van der Waals surface area contributed by atoms with Gasteiger partial charge in [-0.25, -0.2) is 0 Å². The Morgan fingerprint density at radius 1 is 1.05 bits per heavy atom. The topological polar surface area (TPSA) is 30.8 Å². The minimum absolute atomic E-state index is 0.499. The number of hydrogen-bond acceptors (Lipinski definition) is 3. The van der Waals surface area contributed by atoms with Gasteiger partial charge < -0.3 is 9.47 Å². The summed E-state index contributed by atoms with van der Waals surface area (Å²) in [6.07, 6.45) is 1.77. The summed E-state index contributed by atoms with van der Waals surface area (Å²) >= 11 is 6.18. The van der Waals surface area contributed by atoms with E-state index in [0.29, 0.717) is 16.5 Å². The quantitative estimate of drug-likeness (QED) is 0.765. The zero-order valence-electron chi connectivity index (χ0n) is 12.6. The minimum atomic E-state index is 0.499. The second-order valence-corrected chi connectivity index (χ2v) is 5.19. The highest BCUT2D eigenvalue weighted by Gasteiger charge is 2.09. The van der Waals surface area contributed by atoms with Crippen LogP contribution in [0.5, 0.6) is 11.5 Å². The minimum Gasteiger partial charge on any atom is -0.493 e. The SMILES string of the molecule is COc1cc(C=Nc2ccc(C)cc2C)cc(Cl)c1OC. The Hall–Kier alpha value is -2.00. The molecule has 2 aromatic carbocycles. The number of nitrogens with zero attached hydrogens (tertiary/aromatic N) is 1. The maximum atomic E-state index is 6.18. The summed E-state index contributed by atoms with van der Waals surface area (Å²) in [6, 6.07) is 9.80. The molecule has 0 radical (unpaired) electrons. The first-order valence-corrected chi connectivity index (χ1v) is 6.95. The van der Waals surface area contributed by atoms with E-state index in [1.165, 1.54) is 5.56 Å². The fraction of sp³-hybridized carbons (Fsp3) is 0.235. The van der Waals surface area contributed by atoms with Crippen molar-refractivity contribution in [2.24, 2.45) is 4.99 Å². The standard InChI is InChI=1S/C17H18ClNO2/c1-11-5-6-15(12(2)7-11)19-10-13-8-14(18)17(21-4)16(9-13)20-3/h5-10H,1-4H3. The monoisotopic (exact) mass is 303 g/mol. The van der Waals surface area contributed by atoms with Crippen LogP contribution in [-0.2, 0) is 0 Å². The van der Waals surface area contributed by atoms with Crippen LogP contribution in [0.4, 0.5) is 5.69 Å². The molecule has 0 amide bonds. The Labute approximate surface area is 130 Å². The summed E-state index contributed by atoms with van der Waals surface area (Å²) in [5, 5.41) is 0.499. The molecule has 0 aromatic heterocycles. The molecule has 0 bridgehead atoms. The molecular formula is C17H18ClNO2. The summed E-state index contributed by atoms with van der Waals surface area (Å²) < 4.78 is 10.5. The van der Waals surface area contributed by atoms with Crippen molar-refractivity contribution in [2.75, 3.05) is 14.2 Å². The van der Waals surface area contributed by atoms with Gasteiger partial charge in [-0.1, -0.05) is 29.3 Å². The zero-order valence-corrected chi connectivity index (χ0v) is 13.4. The number of hydrogen-bond donors (Lipinski definition) is 0. The molecule has 4 heteroatoms. The Morgan fingerprint density at radius 2 is 1.81 bits per heavy atom. The highest BCUT2D eigenvalue weighted by Crippen LogP contribution is 2.35. The van der Waals surface area contributed by atoms with Crippen LogP contribution in [0, 0.1) is 13.8 Å². The molecule has 0 saturated carbocycles. The second kappa shape index (κ2) is 6.64. The third-order valence-corrected chi connectivity index (χ3v) is 3.44. The van der Waals surface area contributed by atoms with Crippen LogP contribution < -0.4 is 9.47 Å². The molecule has 0 aliphatic carbocycles. The van der Waals surface area contributed by atoms with E-state index in [4.69, 9.17) is 21.1 Å². The van der Waals surface area contributed by atoms with Gasteiger partial charge in [0.15, 0.2) is 11.5 Å². The summed E-state index contributed by atoms with van der Waals surface area (Å²) in [7, 11) is 3.15. The van der Waals surface area contributed by atoms with E-state index in [2.05, 4.69) is 18.0 Å². The van der Waals surface area contributed by atoms with Crippen LogP contribution in [0.3, 0.4) is 0 Å². The molecule has 21 heavy (non-hydrogen) atoms. The smallest absolute Gasteiger partial charge is 0.179 e. The van der Waals surface area contributed by atoms with E-state index >= 15 is 0 Å². The summed E-state index contributed by atoms with van der Waals surface area (Å²) in [4.78, 5) is 4.51. The first-order valence-electron chi connectivity index (χ1n) is 6.58. The third-order valence-electron chi connectivity index (χ3n) is 3.16. The van der Waals surface area contributed by atoms with Crippen LogP contribution in [0.15, 0.2) is 35.3 Å². The van der Waals surface area contributed by atoms with Gasteiger partial charge in [0.1, 0.15) is 0 Å². The van der Waals surface area contributed by atoms with Gasteiger partial charge in [0.2, 0.25) is 0 Å². The lowest BCUT2D eigenvalue weighted by atomic mass is 10.1. The van der Waals surface area contributed by atoms with Gasteiger partial charge >= 0.3 is 0 Å². The predicted octanol–water partition coefficient (Wildman–Crippen LogP) is 4.72. The third kappa shape index (κ3) is 3.56. The largest absolute Gasteiger partial charge is 0.493 e. The Balaban J connectivity index is 2.35. The Kier molecular flexibility index (Phi) is 4.86. The number of methoxy groups -OCH3 is 2. The fourth-order valence-corrected chi connectivity index (χ4v) is 2.40. The van der Waals surface area contributed by atoms with Crippen molar-refractivity contribution in [1.82, 2.24) is 0 Å². The van der Waals surface area contributed by atoms with Gasteiger partial charge in [-0.3, -0.25) is 4.99 Å². The predicted molar refractivity (Wildman–Crippen MR) is 87.7 cm³/mol. The van der Waals surface area contributed by atoms with Crippen molar-refractivity contribution in [3.8, 4) is 11.5 Å². The lowest BCUT2D eigenvalue weighted by molar-refractivity contribution is 0.355. The Morgan fingerprint density at radius 3 is 2.43 bits per heavy atom. The molecule has 0 saturated heterocycles. The number of ether oxygens (including phenoxy) is 2. The van der Waals surface area contributed by atoms with Crippen LogP contribution in [0.25, 0.3) is 0 Å². The molecule has 0 spiro atoms. The number of rotatable bonds is 4. The van der Waals surface area contributed by atoms with E-state index < -0.39 is 0 Å². The van der Waals surface area contributed by atoms with Crippen molar-refractivity contribution >= 4 is 23.5 Å². The average Bonchev–Trinajstić information content (AvgIpc) is 2.45. The van der Waals surface area contributed by atoms with Gasteiger partial charge in [0.25, 0.3) is 0 Å². The molecule has 0 aliphatic heterocycles. The Bertz CT molecular complexity index is 681. The normalized spacial score (nSPS) is 10.9. The van der Waals surface area contributed by atoms with Crippen molar-refractivity contribution in [1.29, 1.82) is 0 Å². The molecule has 110 valence electrons. The maximum absolute atomic E-state index is 6.18. The van der Waals surface area contributed by atoms with E-state index in [1.807, 2.05) is 25.1 Å². The molecule has 0 fully saturated rings. The molecule has 0 unspecified atom stereocenters. The van der Waals surface area contributed by atoms with Gasteiger partial charge in [-0.05, 0) is 43.2 Å². The van der Waals surface area contributed by atoms with Crippen molar-refractivity contribution < 1.29 is 9.47 Å². The lowest BCUT2D eigenvalue weighted by Crippen LogP contribution is -1.93. The number of aliphatic imine (C=N–C) groups is 1. The lowest BCUT2D eigenvalue weighted by Gasteiger charge is -2.10. The van der Waals surface area contributed by atoms with Gasteiger partial charge in [-0.15, -0.1) is 0 Å². The van der Waals surface area contributed by atoms with Crippen molar-refractivity contribution in [2.45, 2.75) is 13.8 Å². The summed E-state index contributed by atoms with van der Waals surface area (Å²) in [5.74, 6) is 1.12. The summed E-state index contributed by atoms with van der Waals surface area (Å²) in [6.45, 7) is 4.11. The molecule has 3 nitrogen and oxygen atoms in total. The maximum Gasteiger partial charge on any atom is 0.179 e. The second-order valence-electron chi connectivity index (χ2n) is 4.79. The van der Waals surface area contributed by atoms with Crippen molar-refractivity contribution in [3.05, 3.63) is 52.0 Å².